The summed E-state index contributed by atoms with van der Waals surface area (Å²) in [5.41, 5.74) is -5.69. The van der Waals surface area contributed by atoms with Gasteiger partial charge >= 0.3 is 5.51 Å². The van der Waals surface area contributed by atoms with E-state index in [0.717, 1.165) is 56.4 Å². The van der Waals surface area contributed by atoms with Crippen LogP contribution in [-0.4, -0.2) is 64.0 Å². The minimum atomic E-state index is -5.65. The molecule has 2 amide bonds. The fourth-order valence-corrected chi connectivity index (χ4v) is 7.96. The zero-order valence-corrected chi connectivity index (χ0v) is 25.0. The Morgan fingerprint density at radius 2 is 1.69 bits per heavy atom. The second kappa shape index (κ2) is 12.1. The maximum absolute atomic E-state index is 14.9. The number of fused-ring (bicyclic) bond motifs is 5. The van der Waals surface area contributed by atoms with Crippen molar-refractivity contribution >= 4 is 27.3 Å². The first-order valence-electron chi connectivity index (χ1n) is 14.7. The third-order valence-corrected chi connectivity index (χ3v) is 10.7. The molecule has 1 saturated heterocycles. The Bertz CT molecular complexity index is 1580. The molecule has 0 radical (unpaired) electrons. The first-order chi connectivity index (χ1) is 21.4. The molecule has 15 heteroatoms. The van der Waals surface area contributed by atoms with Crippen LogP contribution in [0, 0.1) is 23.6 Å². The van der Waals surface area contributed by atoms with Crippen LogP contribution in [0.4, 0.5) is 23.2 Å². The molecule has 3 aliphatic carbocycles. The third-order valence-electron chi connectivity index (χ3n) is 9.20. The van der Waals surface area contributed by atoms with E-state index in [-0.39, 0.29) is 41.6 Å². The van der Waals surface area contributed by atoms with Crippen LogP contribution in [0.15, 0.2) is 41.3 Å². The van der Waals surface area contributed by atoms with Crippen molar-refractivity contribution in [3.8, 4) is 11.5 Å². The van der Waals surface area contributed by atoms with Gasteiger partial charge in [0, 0.05) is 29.6 Å². The standard InChI is InChI=1S/C30H32F4N2O8S/c1-41-22-13-21(31)23(44-16-7-3-2-4-8-16)12-18(22)28(37)36-25-20-11-19(26-27(20)43-14-42-26)24(25)29(38)35-15-6-5-9-17(10-15)45(39,40)30(32,33)34/h5-6,9-10,12-13,16,19-20,24-27H,2-4,7-8,11,14H2,1H3,(H,35,38)(H,36,37)/t19-,20+,24+,25-,26-,27+/m1/s1. The smallest absolute Gasteiger partial charge is 0.496 e. The molecule has 0 spiro atoms. The second-order valence-corrected chi connectivity index (χ2v) is 13.7. The Morgan fingerprint density at radius 1 is 0.978 bits per heavy atom. The lowest BCUT2D eigenvalue weighted by Crippen LogP contribution is -2.55. The molecular formula is C30H32F4N2O8S. The number of anilines is 1. The lowest BCUT2D eigenvalue weighted by Gasteiger charge is -2.36. The molecule has 45 heavy (non-hydrogen) atoms. The summed E-state index contributed by atoms with van der Waals surface area (Å²) in [4.78, 5) is 26.4. The van der Waals surface area contributed by atoms with Crippen LogP contribution in [0.5, 0.6) is 11.5 Å². The second-order valence-electron chi connectivity index (χ2n) is 11.8. The van der Waals surface area contributed by atoms with E-state index in [2.05, 4.69) is 10.6 Å². The van der Waals surface area contributed by atoms with E-state index in [1.54, 1.807) is 0 Å². The highest BCUT2D eigenvalue weighted by molar-refractivity contribution is 7.92. The van der Waals surface area contributed by atoms with E-state index in [1.165, 1.54) is 19.2 Å². The van der Waals surface area contributed by atoms with E-state index in [9.17, 15) is 35.6 Å². The number of sulfone groups is 1. The molecule has 0 aromatic heterocycles. The van der Waals surface area contributed by atoms with E-state index in [0.29, 0.717) is 6.42 Å². The van der Waals surface area contributed by atoms with Gasteiger partial charge in [0.05, 0.1) is 41.8 Å². The molecule has 2 aromatic rings. The van der Waals surface area contributed by atoms with Crippen molar-refractivity contribution in [2.75, 3.05) is 19.2 Å². The first kappa shape index (κ1) is 31.5. The number of carbonyl (C=O) groups is 2. The maximum Gasteiger partial charge on any atom is 0.501 e. The largest absolute Gasteiger partial charge is 0.501 e. The molecule has 6 atom stereocenters. The summed E-state index contributed by atoms with van der Waals surface area (Å²) in [6.07, 6.45) is 3.96. The van der Waals surface area contributed by atoms with Crippen molar-refractivity contribution in [1.29, 1.82) is 0 Å². The van der Waals surface area contributed by atoms with Gasteiger partial charge in [0.15, 0.2) is 11.6 Å². The van der Waals surface area contributed by atoms with E-state index >= 15 is 0 Å². The zero-order valence-electron chi connectivity index (χ0n) is 24.1. The average Bonchev–Trinajstić information content (AvgIpc) is 3.71. The number of nitrogens with one attached hydrogen (secondary N) is 2. The number of methoxy groups -OCH3 is 1. The highest BCUT2D eigenvalue weighted by Crippen LogP contribution is 2.53. The Labute approximate surface area is 256 Å². The summed E-state index contributed by atoms with van der Waals surface area (Å²) in [7, 11) is -4.35. The van der Waals surface area contributed by atoms with Gasteiger partial charge in [-0.15, -0.1) is 0 Å². The first-order valence-corrected chi connectivity index (χ1v) is 16.2. The van der Waals surface area contributed by atoms with Gasteiger partial charge in [-0.3, -0.25) is 9.59 Å². The molecule has 2 aromatic carbocycles. The van der Waals surface area contributed by atoms with Crippen LogP contribution in [-0.2, 0) is 24.1 Å². The summed E-state index contributed by atoms with van der Waals surface area (Å²) >= 11 is 0. The van der Waals surface area contributed by atoms with E-state index in [4.69, 9.17) is 18.9 Å². The van der Waals surface area contributed by atoms with Crippen molar-refractivity contribution in [3.63, 3.8) is 0 Å². The highest BCUT2D eigenvalue weighted by Gasteiger charge is 2.63. The van der Waals surface area contributed by atoms with E-state index in [1.807, 2.05) is 0 Å². The quantitative estimate of drug-likeness (QED) is 0.395. The summed E-state index contributed by atoms with van der Waals surface area (Å²) in [6, 6.07) is 5.43. The van der Waals surface area contributed by atoms with Crippen LogP contribution >= 0.6 is 0 Å². The minimum Gasteiger partial charge on any atom is -0.496 e. The van der Waals surface area contributed by atoms with Crippen molar-refractivity contribution in [3.05, 3.63) is 47.8 Å². The molecule has 3 saturated carbocycles. The van der Waals surface area contributed by atoms with Gasteiger partial charge in [-0.1, -0.05) is 12.5 Å². The topological polar surface area (TPSA) is 129 Å². The van der Waals surface area contributed by atoms with Gasteiger partial charge in [0.1, 0.15) is 12.5 Å². The number of ether oxygens (including phenoxy) is 4. The fraction of sp³-hybridized carbons (Fsp3) is 0.533. The molecule has 2 N–H and O–H groups in total. The van der Waals surface area contributed by atoms with Gasteiger partial charge in [-0.05, 0) is 56.4 Å². The maximum atomic E-state index is 14.9. The molecule has 2 bridgehead atoms. The molecule has 6 rings (SSSR count). The number of hydrogen-bond donors (Lipinski definition) is 2. The Hall–Kier alpha value is -3.43. The van der Waals surface area contributed by atoms with E-state index < -0.39 is 68.0 Å². The Morgan fingerprint density at radius 3 is 2.38 bits per heavy atom. The summed E-state index contributed by atoms with van der Waals surface area (Å²) in [6.45, 7) is 0.00232. The normalized spacial score (nSPS) is 28.0. The SMILES string of the molecule is COc1cc(F)c(OC2CCCCC2)cc1C(=O)N[C@@H]1[C@@H]2C[C@@H]([C@H]3OCO[C@@H]23)[C@@H]1C(=O)Nc1cccc(S(=O)(=O)C(F)(F)F)c1. The van der Waals surface area contributed by atoms with Crippen molar-refractivity contribution < 1.29 is 54.5 Å². The summed E-state index contributed by atoms with van der Waals surface area (Å²) in [5.74, 6) is -3.75. The summed E-state index contributed by atoms with van der Waals surface area (Å²) in [5, 5.41) is 5.43. The fourth-order valence-electron chi connectivity index (χ4n) is 7.16. The van der Waals surface area contributed by atoms with Crippen LogP contribution in [0.3, 0.4) is 0 Å². The number of carbonyl (C=O) groups excluding carboxylic acids is 2. The molecule has 0 unspecified atom stereocenters. The predicted octanol–water partition coefficient (Wildman–Crippen LogP) is 4.58. The third kappa shape index (κ3) is 5.85. The number of halogens is 4. The molecule has 10 nitrogen and oxygen atoms in total. The lowest BCUT2D eigenvalue weighted by atomic mass is 9.80. The molecule has 4 aliphatic rings. The van der Waals surface area contributed by atoms with Crippen LogP contribution < -0.4 is 20.1 Å². The number of alkyl halides is 3. The van der Waals surface area contributed by atoms with Crippen molar-refractivity contribution in [1.82, 2.24) is 5.32 Å². The molecule has 1 heterocycles. The predicted molar refractivity (Wildman–Crippen MR) is 150 cm³/mol. The molecule has 1 aliphatic heterocycles. The average molecular weight is 657 g/mol. The monoisotopic (exact) mass is 656 g/mol. The highest BCUT2D eigenvalue weighted by atomic mass is 32.2. The molecule has 4 fully saturated rings. The summed E-state index contributed by atoms with van der Waals surface area (Å²) < 4.78 is 101. The van der Waals surface area contributed by atoms with Gasteiger partial charge in [-0.25, -0.2) is 12.8 Å². The lowest BCUT2D eigenvalue weighted by molar-refractivity contribution is -0.124. The van der Waals surface area contributed by atoms with Gasteiger partial charge < -0.3 is 29.6 Å². The van der Waals surface area contributed by atoms with Gasteiger partial charge in [0.2, 0.25) is 5.91 Å². The number of hydrogen-bond acceptors (Lipinski definition) is 8. The Kier molecular flexibility index (Phi) is 8.46. The molecular weight excluding hydrogens is 624 g/mol. The van der Waals surface area contributed by atoms with Crippen LogP contribution in [0.1, 0.15) is 48.9 Å². The van der Waals surface area contributed by atoms with Gasteiger partial charge in [-0.2, -0.15) is 13.2 Å². The van der Waals surface area contributed by atoms with Gasteiger partial charge in [0.25, 0.3) is 15.7 Å². The Balaban J connectivity index is 1.26. The number of amides is 2. The minimum absolute atomic E-state index is 0.00232. The zero-order chi connectivity index (χ0) is 32.1. The van der Waals surface area contributed by atoms with Crippen molar-refractivity contribution in [2.45, 2.75) is 73.3 Å². The van der Waals surface area contributed by atoms with Crippen molar-refractivity contribution in [2.24, 2.45) is 17.8 Å². The molecule has 244 valence electrons. The van der Waals surface area contributed by atoms with Crippen LogP contribution in [0.2, 0.25) is 0 Å². The van der Waals surface area contributed by atoms with Crippen LogP contribution in [0.25, 0.3) is 0 Å². The number of rotatable bonds is 8. The number of benzene rings is 2.